The third-order valence-corrected chi connectivity index (χ3v) is 6.32. The fourth-order valence-electron chi connectivity index (χ4n) is 4.48. The molecule has 3 aliphatic heterocycles. The second-order valence-electron chi connectivity index (χ2n) is 8.73. The zero-order chi connectivity index (χ0) is 24.2. The van der Waals surface area contributed by atoms with Gasteiger partial charge in [0.25, 0.3) is 0 Å². The van der Waals surface area contributed by atoms with Crippen molar-refractivity contribution in [1.82, 2.24) is 14.9 Å². The van der Waals surface area contributed by atoms with Crippen molar-refractivity contribution in [1.29, 1.82) is 0 Å². The van der Waals surface area contributed by atoms with Crippen LogP contribution >= 0.6 is 0 Å². The maximum atomic E-state index is 14.4. The summed E-state index contributed by atoms with van der Waals surface area (Å²) >= 11 is 0. The molecule has 3 saturated heterocycles. The zero-order valence-corrected chi connectivity index (χ0v) is 19.2. The summed E-state index contributed by atoms with van der Waals surface area (Å²) in [6.07, 6.45) is 4.94. The summed E-state index contributed by atoms with van der Waals surface area (Å²) in [5, 5.41) is 8.70. The van der Waals surface area contributed by atoms with Gasteiger partial charge in [-0.05, 0) is 80.4 Å². The van der Waals surface area contributed by atoms with Crippen LogP contribution in [0.2, 0.25) is 0 Å². The van der Waals surface area contributed by atoms with Gasteiger partial charge in [-0.3, -0.25) is 9.69 Å². The summed E-state index contributed by atoms with van der Waals surface area (Å²) in [5.41, 5.74) is 1.87. The second-order valence-corrected chi connectivity index (χ2v) is 8.73. The Morgan fingerprint density at radius 3 is 2.57 bits per heavy atom. The van der Waals surface area contributed by atoms with E-state index in [1.807, 2.05) is 24.3 Å². The van der Waals surface area contributed by atoms with Crippen LogP contribution in [0.25, 0.3) is 0 Å². The van der Waals surface area contributed by atoms with E-state index in [2.05, 4.69) is 37.4 Å². The summed E-state index contributed by atoms with van der Waals surface area (Å²) in [7, 11) is 0. The van der Waals surface area contributed by atoms with E-state index in [0.717, 1.165) is 24.2 Å². The molecule has 0 aliphatic carbocycles. The van der Waals surface area contributed by atoms with Crippen LogP contribution in [0.1, 0.15) is 12.8 Å². The van der Waals surface area contributed by atoms with Gasteiger partial charge < -0.3 is 20.7 Å². The van der Waals surface area contributed by atoms with E-state index in [-0.39, 0.29) is 23.8 Å². The average Bonchev–Trinajstić information content (AvgIpc) is 2.88. The summed E-state index contributed by atoms with van der Waals surface area (Å²) in [6.45, 7) is 6.78. The topological polar surface area (TPSA) is 91.4 Å². The SMILES string of the molecule is C=CC(=O)Nc1cccc(Nc2nc(Nc3ccc(OC4CN5CCC4CC5)cc3)ncc2F)c1. The molecular weight excluding hydrogens is 447 g/mol. The summed E-state index contributed by atoms with van der Waals surface area (Å²) in [4.78, 5) is 22.3. The molecule has 3 fully saturated rings. The number of benzene rings is 2. The lowest BCUT2D eigenvalue weighted by molar-refractivity contribution is -0.111. The number of rotatable bonds is 8. The van der Waals surface area contributed by atoms with Crippen molar-refractivity contribution in [3.63, 3.8) is 0 Å². The molecule has 180 valence electrons. The fourth-order valence-corrected chi connectivity index (χ4v) is 4.48. The molecule has 2 bridgehead atoms. The molecule has 3 aromatic rings. The molecule has 2 aromatic carbocycles. The van der Waals surface area contributed by atoms with Gasteiger partial charge in [-0.2, -0.15) is 4.98 Å². The van der Waals surface area contributed by atoms with Crippen LogP contribution in [0, 0.1) is 11.7 Å². The molecule has 0 saturated carbocycles. The van der Waals surface area contributed by atoms with Gasteiger partial charge in [0.15, 0.2) is 11.6 Å². The van der Waals surface area contributed by atoms with Gasteiger partial charge in [-0.25, -0.2) is 9.37 Å². The summed E-state index contributed by atoms with van der Waals surface area (Å²) in [6, 6.07) is 14.5. The predicted molar refractivity (Wildman–Crippen MR) is 134 cm³/mol. The van der Waals surface area contributed by atoms with Gasteiger partial charge in [-0.15, -0.1) is 0 Å². The molecule has 35 heavy (non-hydrogen) atoms. The lowest BCUT2D eigenvalue weighted by Crippen LogP contribution is -2.52. The van der Waals surface area contributed by atoms with Gasteiger partial charge in [0.1, 0.15) is 11.9 Å². The minimum Gasteiger partial charge on any atom is -0.489 e. The second kappa shape index (κ2) is 10.1. The first-order valence-corrected chi connectivity index (χ1v) is 11.6. The number of aromatic nitrogens is 2. The Morgan fingerprint density at radius 2 is 1.86 bits per heavy atom. The van der Waals surface area contributed by atoms with Crippen LogP contribution in [0.3, 0.4) is 0 Å². The van der Waals surface area contributed by atoms with Gasteiger partial charge >= 0.3 is 0 Å². The van der Waals surface area contributed by atoms with E-state index >= 15 is 0 Å². The number of carbonyl (C=O) groups excluding carboxylic acids is 1. The molecule has 0 radical (unpaired) electrons. The number of nitrogens with zero attached hydrogens (tertiary/aromatic N) is 3. The highest BCUT2D eigenvalue weighted by Gasteiger charge is 2.35. The number of halogens is 1. The molecule has 6 rings (SSSR count). The lowest BCUT2D eigenvalue weighted by Gasteiger charge is -2.44. The minimum absolute atomic E-state index is 0.0111. The van der Waals surface area contributed by atoms with Crippen molar-refractivity contribution < 1.29 is 13.9 Å². The molecule has 1 amide bonds. The summed E-state index contributed by atoms with van der Waals surface area (Å²) in [5.74, 6) is 0.794. The van der Waals surface area contributed by atoms with Crippen LogP contribution in [0.4, 0.5) is 33.2 Å². The van der Waals surface area contributed by atoms with Gasteiger partial charge in [-0.1, -0.05) is 12.6 Å². The Kier molecular flexibility index (Phi) is 6.58. The van der Waals surface area contributed by atoms with Crippen molar-refractivity contribution in [3.05, 3.63) is 73.2 Å². The number of hydrogen-bond donors (Lipinski definition) is 3. The first kappa shape index (κ1) is 22.8. The monoisotopic (exact) mass is 474 g/mol. The highest BCUT2D eigenvalue weighted by molar-refractivity contribution is 5.99. The van der Waals surface area contributed by atoms with Gasteiger partial charge in [0, 0.05) is 23.6 Å². The molecule has 3 N–H and O–H groups in total. The van der Waals surface area contributed by atoms with Crippen molar-refractivity contribution in [2.45, 2.75) is 18.9 Å². The van der Waals surface area contributed by atoms with Crippen molar-refractivity contribution in [3.8, 4) is 5.75 Å². The lowest BCUT2D eigenvalue weighted by atomic mass is 9.86. The molecule has 1 aromatic heterocycles. The van der Waals surface area contributed by atoms with Crippen LogP contribution in [-0.4, -0.2) is 46.5 Å². The van der Waals surface area contributed by atoms with Crippen molar-refractivity contribution >= 4 is 34.7 Å². The van der Waals surface area contributed by atoms with E-state index in [1.165, 1.54) is 32.0 Å². The van der Waals surface area contributed by atoms with E-state index in [1.54, 1.807) is 24.3 Å². The Morgan fingerprint density at radius 1 is 1.09 bits per heavy atom. The maximum Gasteiger partial charge on any atom is 0.247 e. The van der Waals surface area contributed by atoms with Crippen LogP contribution in [0.5, 0.6) is 5.75 Å². The van der Waals surface area contributed by atoms with E-state index in [0.29, 0.717) is 17.3 Å². The van der Waals surface area contributed by atoms with Crippen LogP contribution < -0.4 is 20.7 Å². The number of hydrogen-bond acceptors (Lipinski definition) is 7. The van der Waals surface area contributed by atoms with Gasteiger partial charge in [0.2, 0.25) is 11.9 Å². The number of fused-ring (bicyclic) bond motifs is 3. The average molecular weight is 475 g/mol. The van der Waals surface area contributed by atoms with Gasteiger partial charge in [0.05, 0.1) is 6.20 Å². The quantitative estimate of drug-likeness (QED) is 0.408. The van der Waals surface area contributed by atoms with E-state index in [4.69, 9.17) is 4.74 Å². The Hall–Kier alpha value is -3.98. The molecular formula is C26H27FN6O2. The third kappa shape index (κ3) is 5.58. The zero-order valence-electron chi connectivity index (χ0n) is 19.2. The summed E-state index contributed by atoms with van der Waals surface area (Å²) < 4.78 is 20.6. The number of amides is 1. The highest BCUT2D eigenvalue weighted by Crippen LogP contribution is 2.31. The molecule has 1 unspecified atom stereocenters. The Balaban J connectivity index is 1.23. The predicted octanol–water partition coefficient (Wildman–Crippen LogP) is 4.70. The highest BCUT2D eigenvalue weighted by atomic mass is 19.1. The van der Waals surface area contributed by atoms with E-state index in [9.17, 15) is 9.18 Å². The number of carbonyl (C=O) groups is 1. The number of piperidine rings is 3. The first-order valence-electron chi connectivity index (χ1n) is 11.6. The van der Waals surface area contributed by atoms with Crippen molar-refractivity contribution in [2.24, 2.45) is 5.92 Å². The molecule has 8 nitrogen and oxygen atoms in total. The molecule has 0 spiro atoms. The molecule has 1 atom stereocenters. The largest absolute Gasteiger partial charge is 0.489 e. The number of nitrogens with one attached hydrogen (secondary N) is 3. The Bertz CT molecular complexity index is 1210. The number of anilines is 5. The third-order valence-electron chi connectivity index (χ3n) is 6.32. The smallest absolute Gasteiger partial charge is 0.247 e. The first-order chi connectivity index (χ1) is 17.1. The van der Waals surface area contributed by atoms with E-state index < -0.39 is 5.82 Å². The van der Waals surface area contributed by atoms with Crippen LogP contribution in [-0.2, 0) is 4.79 Å². The normalized spacial score (nSPS) is 20.7. The maximum absolute atomic E-state index is 14.4. The standard InChI is InChI=1S/C26H27FN6O2/c1-2-24(34)29-19-4-3-5-20(14-19)30-25-22(27)15-28-26(32-25)31-18-6-8-21(9-7-18)35-23-16-33-12-10-17(23)11-13-33/h2-9,14-15,17,23H,1,10-13,16H2,(H,29,34)(H2,28,30,31,32). The number of ether oxygens (including phenoxy) is 1. The molecule has 3 aliphatic rings. The Labute approximate surface area is 203 Å². The molecule has 4 heterocycles. The van der Waals surface area contributed by atoms with Crippen LogP contribution in [0.15, 0.2) is 67.4 Å². The minimum atomic E-state index is -0.600. The molecule has 9 heteroatoms. The fraction of sp³-hybridized carbons (Fsp3) is 0.269. The van der Waals surface area contributed by atoms with Crippen molar-refractivity contribution in [2.75, 3.05) is 35.6 Å².